The maximum atomic E-state index is 11.9. The molecule has 1 aliphatic heterocycles. The molecule has 1 unspecified atom stereocenters. The molecular formula is C14H19N3O3. The fourth-order valence-corrected chi connectivity index (χ4v) is 2.42. The summed E-state index contributed by atoms with van der Waals surface area (Å²) >= 11 is 0. The average molecular weight is 277 g/mol. The minimum absolute atomic E-state index is 0.0284. The Hall–Kier alpha value is -2.11. The van der Waals surface area contributed by atoms with Gasteiger partial charge in [-0.2, -0.15) is 0 Å². The van der Waals surface area contributed by atoms with Crippen LogP contribution in [0.25, 0.3) is 0 Å². The number of carbonyl (C=O) groups is 2. The largest absolute Gasteiger partial charge is 0.478 e. The molecule has 1 aliphatic rings. The van der Waals surface area contributed by atoms with E-state index in [4.69, 9.17) is 0 Å². The standard InChI is InChI=1S/C14H19N3O3/c1-3-10-7-9(14(19)20)8-12(16-10)17-6-5-15-13(18)11(17)4-2/h7-8,11H,3-6H2,1-2H3,(H,15,18)(H,19,20). The molecule has 2 rings (SSSR count). The number of carboxylic acid groups (broad SMARTS) is 1. The van der Waals surface area contributed by atoms with E-state index in [1.54, 1.807) is 12.1 Å². The molecule has 6 nitrogen and oxygen atoms in total. The number of pyridine rings is 1. The number of nitrogens with zero attached hydrogens (tertiary/aromatic N) is 2. The van der Waals surface area contributed by atoms with Crippen LogP contribution in [0.1, 0.15) is 36.3 Å². The molecule has 0 radical (unpaired) electrons. The van der Waals surface area contributed by atoms with Crippen LogP contribution >= 0.6 is 0 Å². The smallest absolute Gasteiger partial charge is 0.335 e. The van der Waals surface area contributed by atoms with E-state index in [-0.39, 0.29) is 17.5 Å². The van der Waals surface area contributed by atoms with Crippen LogP contribution in [-0.4, -0.2) is 41.1 Å². The molecule has 0 saturated carbocycles. The monoisotopic (exact) mass is 277 g/mol. The van der Waals surface area contributed by atoms with Gasteiger partial charge in [0.2, 0.25) is 5.91 Å². The molecule has 1 fully saturated rings. The number of amides is 1. The molecular weight excluding hydrogens is 258 g/mol. The van der Waals surface area contributed by atoms with Crippen molar-refractivity contribution < 1.29 is 14.7 Å². The van der Waals surface area contributed by atoms with Gasteiger partial charge in [0.25, 0.3) is 0 Å². The highest BCUT2D eigenvalue weighted by atomic mass is 16.4. The Morgan fingerprint density at radius 3 is 2.85 bits per heavy atom. The van der Waals surface area contributed by atoms with Crippen LogP contribution in [0.15, 0.2) is 12.1 Å². The van der Waals surface area contributed by atoms with Crippen molar-refractivity contribution in [2.24, 2.45) is 0 Å². The van der Waals surface area contributed by atoms with Gasteiger partial charge in [0.05, 0.1) is 5.56 Å². The minimum Gasteiger partial charge on any atom is -0.478 e. The zero-order valence-electron chi connectivity index (χ0n) is 11.7. The van der Waals surface area contributed by atoms with E-state index in [9.17, 15) is 14.7 Å². The highest BCUT2D eigenvalue weighted by Crippen LogP contribution is 2.21. The molecule has 0 spiro atoms. The van der Waals surface area contributed by atoms with Gasteiger partial charge in [-0.3, -0.25) is 4.79 Å². The van der Waals surface area contributed by atoms with Crippen molar-refractivity contribution in [3.63, 3.8) is 0 Å². The molecule has 1 saturated heterocycles. The summed E-state index contributed by atoms with van der Waals surface area (Å²) in [5, 5.41) is 12.0. The second kappa shape index (κ2) is 5.90. The quantitative estimate of drug-likeness (QED) is 0.860. The lowest BCUT2D eigenvalue weighted by Gasteiger charge is -2.35. The van der Waals surface area contributed by atoms with Gasteiger partial charge in [-0.05, 0) is 25.0 Å². The SMILES string of the molecule is CCc1cc(C(=O)O)cc(N2CCNC(=O)C2CC)n1. The molecule has 20 heavy (non-hydrogen) atoms. The first-order chi connectivity index (χ1) is 9.56. The number of carboxylic acids is 1. The van der Waals surface area contributed by atoms with Gasteiger partial charge in [-0.25, -0.2) is 9.78 Å². The lowest BCUT2D eigenvalue weighted by atomic mass is 10.1. The maximum Gasteiger partial charge on any atom is 0.335 e. The van der Waals surface area contributed by atoms with Gasteiger partial charge in [-0.15, -0.1) is 0 Å². The first-order valence-electron chi connectivity index (χ1n) is 6.85. The number of nitrogens with one attached hydrogen (secondary N) is 1. The van der Waals surface area contributed by atoms with E-state index in [1.165, 1.54) is 0 Å². The molecule has 0 aliphatic carbocycles. The summed E-state index contributed by atoms with van der Waals surface area (Å²) in [6, 6.07) is 2.84. The second-order valence-corrected chi connectivity index (χ2v) is 4.77. The Morgan fingerprint density at radius 2 is 2.25 bits per heavy atom. The molecule has 6 heteroatoms. The summed E-state index contributed by atoms with van der Waals surface area (Å²) in [6.45, 7) is 5.06. The summed E-state index contributed by atoms with van der Waals surface area (Å²) in [5.74, 6) is -0.430. The van der Waals surface area contributed by atoms with Crippen LogP contribution in [0.5, 0.6) is 0 Å². The summed E-state index contributed by atoms with van der Waals surface area (Å²) in [4.78, 5) is 29.4. The first kappa shape index (κ1) is 14.3. The van der Waals surface area contributed by atoms with E-state index in [2.05, 4.69) is 10.3 Å². The van der Waals surface area contributed by atoms with Crippen molar-refractivity contribution in [3.05, 3.63) is 23.4 Å². The molecule has 2 heterocycles. The van der Waals surface area contributed by atoms with E-state index in [1.807, 2.05) is 18.7 Å². The van der Waals surface area contributed by atoms with Crippen LogP contribution in [0.4, 0.5) is 5.82 Å². The number of hydrogen-bond donors (Lipinski definition) is 2. The minimum atomic E-state index is -0.974. The molecule has 108 valence electrons. The summed E-state index contributed by atoms with van der Waals surface area (Å²) < 4.78 is 0. The Bertz CT molecular complexity index is 530. The number of rotatable bonds is 4. The lowest BCUT2D eigenvalue weighted by molar-refractivity contribution is -0.123. The normalized spacial score (nSPS) is 18.8. The van der Waals surface area contributed by atoms with Crippen LogP contribution in [-0.2, 0) is 11.2 Å². The van der Waals surface area contributed by atoms with Gasteiger partial charge in [0, 0.05) is 18.8 Å². The summed E-state index contributed by atoms with van der Waals surface area (Å²) in [5.41, 5.74) is 0.938. The van der Waals surface area contributed by atoms with Gasteiger partial charge in [0.1, 0.15) is 11.9 Å². The summed E-state index contributed by atoms with van der Waals surface area (Å²) in [7, 11) is 0. The Kier molecular flexibility index (Phi) is 4.22. The Labute approximate surface area is 117 Å². The number of piperazine rings is 1. The number of aromatic carboxylic acids is 1. The van der Waals surface area contributed by atoms with Crippen LogP contribution in [0.3, 0.4) is 0 Å². The van der Waals surface area contributed by atoms with Crippen molar-refractivity contribution in [1.29, 1.82) is 0 Å². The van der Waals surface area contributed by atoms with Gasteiger partial charge >= 0.3 is 5.97 Å². The van der Waals surface area contributed by atoms with Crippen molar-refractivity contribution in [3.8, 4) is 0 Å². The van der Waals surface area contributed by atoms with Crippen LogP contribution in [0.2, 0.25) is 0 Å². The zero-order chi connectivity index (χ0) is 14.7. The van der Waals surface area contributed by atoms with Crippen molar-refractivity contribution in [2.75, 3.05) is 18.0 Å². The zero-order valence-corrected chi connectivity index (χ0v) is 11.7. The summed E-state index contributed by atoms with van der Waals surface area (Å²) in [6.07, 6.45) is 1.32. The van der Waals surface area contributed by atoms with E-state index >= 15 is 0 Å². The third-order valence-electron chi connectivity index (χ3n) is 3.49. The van der Waals surface area contributed by atoms with Gasteiger partial charge in [-0.1, -0.05) is 13.8 Å². The van der Waals surface area contributed by atoms with Crippen molar-refractivity contribution in [2.45, 2.75) is 32.7 Å². The van der Waals surface area contributed by atoms with E-state index < -0.39 is 5.97 Å². The molecule has 1 aromatic heterocycles. The predicted octanol–water partition coefficient (Wildman–Crippen LogP) is 1.06. The average Bonchev–Trinajstić information content (AvgIpc) is 2.46. The number of aryl methyl sites for hydroxylation is 1. The highest BCUT2D eigenvalue weighted by molar-refractivity contribution is 5.90. The number of hydrogen-bond acceptors (Lipinski definition) is 4. The molecule has 1 aromatic rings. The Morgan fingerprint density at radius 1 is 1.50 bits per heavy atom. The topological polar surface area (TPSA) is 82.5 Å². The lowest BCUT2D eigenvalue weighted by Crippen LogP contribution is -2.55. The second-order valence-electron chi connectivity index (χ2n) is 4.77. The van der Waals surface area contributed by atoms with Crippen molar-refractivity contribution in [1.82, 2.24) is 10.3 Å². The molecule has 0 bridgehead atoms. The van der Waals surface area contributed by atoms with Gasteiger partial charge in [0.15, 0.2) is 0 Å². The molecule has 1 atom stereocenters. The van der Waals surface area contributed by atoms with Crippen molar-refractivity contribution >= 4 is 17.7 Å². The molecule has 1 amide bonds. The van der Waals surface area contributed by atoms with E-state index in [0.717, 1.165) is 5.69 Å². The molecule has 0 aromatic carbocycles. The van der Waals surface area contributed by atoms with Crippen LogP contribution in [0, 0.1) is 0 Å². The fourth-order valence-electron chi connectivity index (χ4n) is 2.42. The maximum absolute atomic E-state index is 11.9. The number of anilines is 1. The Balaban J connectivity index is 2.42. The number of carbonyl (C=O) groups excluding carboxylic acids is 1. The number of aromatic nitrogens is 1. The van der Waals surface area contributed by atoms with E-state index in [0.29, 0.717) is 31.7 Å². The predicted molar refractivity (Wildman–Crippen MR) is 75.0 cm³/mol. The van der Waals surface area contributed by atoms with Gasteiger partial charge < -0.3 is 15.3 Å². The first-order valence-corrected chi connectivity index (χ1v) is 6.85. The highest BCUT2D eigenvalue weighted by Gasteiger charge is 2.29. The third kappa shape index (κ3) is 2.74. The molecule has 2 N–H and O–H groups in total. The fraction of sp³-hybridized carbons (Fsp3) is 0.500. The van der Waals surface area contributed by atoms with Crippen LogP contribution < -0.4 is 10.2 Å². The third-order valence-corrected chi connectivity index (χ3v) is 3.49.